The lowest BCUT2D eigenvalue weighted by atomic mass is 10.1. The molecular weight excluding hydrogens is 310 g/mol. The first kappa shape index (κ1) is 17.4. The Kier molecular flexibility index (Phi) is 6.06. The Bertz CT molecular complexity index is 708. The minimum Gasteiger partial charge on any atom is -0.372 e. The van der Waals surface area contributed by atoms with E-state index >= 15 is 0 Å². The zero-order valence-electron chi connectivity index (χ0n) is 14.0. The molecule has 7 heteroatoms. The summed E-state index contributed by atoms with van der Waals surface area (Å²) in [5, 5.41) is 7.12. The number of thiophene rings is 1. The Balaban J connectivity index is 2.14. The van der Waals surface area contributed by atoms with Crippen LogP contribution in [0.2, 0.25) is 0 Å². The van der Waals surface area contributed by atoms with Gasteiger partial charge in [0.15, 0.2) is 0 Å². The first-order valence-corrected chi connectivity index (χ1v) is 8.40. The van der Waals surface area contributed by atoms with E-state index in [1.165, 1.54) is 5.56 Å². The van der Waals surface area contributed by atoms with Crippen molar-refractivity contribution < 1.29 is 4.79 Å². The molecule has 1 amide bonds. The second kappa shape index (κ2) is 8.03. The Labute approximate surface area is 140 Å². The Hall–Kier alpha value is -1.99. The van der Waals surface area contributed by atoms with Gasteiger partial charge in [-0.2, -0.15) is 0 Å². The van der Waals surface area contributed by atoms with E-state index in [4.69, 9.17) is 0 Å². The quantitative estimate of drug-likeness (QED) is 0.759. The van der Waals surface area contributed by atoms with Gasteiger partial charge in [0.2, 0.25) is 5.91 Å². The number of fused-ring (bicyclic) bond motifs is 1. The van der Waals surface area contributed by atoms with Crippen LogP contribution in [0.15, 0.2) is 18.5 Å². The van der Waals surface area contributed by atoms with Gasteiger partial charge in [-0.25, -0.2) is 9.97 Å². The summed E-state index contributed by atoms with van der Waals surface area (Å²) in [6, 6.07) is 0. The molecule has 0 radical (unpaired) electrons. The molecule has 0 aliphatic heterocycles. The van der Waals surface area contributed by atoms with Gasteiger partial charge in [0.25, 0.3) is 0 Å². The molecule has 2 rings (SSSR count). The summed E-state index contributed by atoms with van der Waals surface area (Å²) in [5.74, 6) is 0.762. The smallest absolute Gasteiger partial charge is 0.243 e. The molecule has 0 aliphatic carbocycles. The molecule has 2 heterocycles. The zero-order chi connectivity index (χ0) is 16.8. The standard InChI is InChI=1S/C16H23N5OS/c1-5-11-12(9-18-13(22)7-6-8-21(3)4)23-16-14(11)15(17-2)19-10-20-16/h6-7,10H,5,8-9H2,1-4H3,(H,18,22)(H,17,19,20)/b7-6+. The molecule has 2 aromatic rings. The number of hydrogen-bond donors (Lipinski definition) is 2. The van der Waals surface area contributed by atoms with E-state index in [0.29, 0.717) is 6.54 Å². The van der Waals surface area contributed by atoms with E-state index in [2.05, 4.69) is 27.5 Å². The third kappa shape index (κ3) is 4.27. The van der Waals surface area contributed by atoms with Crippen LogP contribution in [-0.2, 0) is 17.8 Å². The fourth-order valence-corrected chi connectivity index (χ4v) is 3.51. The summed E-state index contributed by atoms with van der Waals surface area (Å²) < 4.78 is 0. The molecule has 0 aromatic carbocycles. The van der Waals surface area contributed by atoms with Crippen LogP contribution in [-0.4, -0.2) is 48.5 Å². The summed E-state index contributed by atoms with van der Waals surface area (Å²) in [6.45, 7) is 3.37. The molecule has 0 saturated carbocycles. The van der Waals surface area contributed by atoms with Crippen LogP contribution >= 0.6 is 11.3 Å². The maximum Gasteiger partial charge on any atom is 0.243 e. The molecule has 6 nitrogen and oxygen atoms in total. The summed E-state index contributed by atoms with van der Waals surface area (Å²) in [7, 11) is 5.79. The summed E-state index contributed by atoms with van der Waals surface area (Å²) in [5.41, 5.74) is 1.20. The number of aromatic nitrogens is 2. The molecule has 0 atom stereocenters. The highest BCUT2D eigenvalue weighted by molar-refractivity contribution is 7.18. The van der Waals surface area contributed by atoms with E-state index in [1.807, 2.05) is 32.1 Å². The van der Waals surface area contributed by atoms with Crippen LogP contribution < -0.4 is 10.6 Å². The molecule has 124 valence electrons. The third-order valence-electron chi connectivity index (χ3n) is 3.42. The van der Waals surface area contributed by atoms with Crippen LogP contribution in [0, 0.1) is 0 Å². The predicted molar refractivity (Wildman–Crippen MR) is 95.9 cm³/mol. The number of nitrogens with zero attached hydrogens (tertiary/aromatic N) is 3. The fourth-order valence-electron chi connectivity index (χ4n) is 2.34. The second-order valence-corrected chi connectivity index (χ2v) is 6.48. The number of carbonyl (C=O) groups is 1. The van der Waals surface area contributed by atoms with Crippen molar-refractivity contribution >= 4 is 33.3 Å². The number of aryl methyl sites for hydroxylation is 1. The SMILES string of the molecule is CCc1c(CNC(=O)/C=C/CN(C)C)sc2ncnc(NC)c12. The molecule has 2 N–H and O–H groups in total. The summed E-state index contributed by atoms with van der Waals surface area (Å²) >= 11 is 1.61. The first-order valence-electron chi connectivity index (χ1n) is 7.58. The highest BCUT2D eigenvalue weighted by Crippen LogP contribution is 2.33. The molecular formula is C16H23N5OS. The van der Waals surface area contributed by atoms with E-state index < -0.39 is 0 Å². The maximum atomic E-state index is 11.9. The third-order valence-corrected chi connectivity index (χ3v) is 4.56. The lowest BCUT2D eigenvalue weighted by Gasteiger charge is -2.06. The van der Waals surface area contributed by atoms with Gasteiger partial charge in [0.1, 0.15) is 17.0 Å². The number of hydrogen-bond acceptors (Lipinski definition) is 6. The number of anilines is 1. The Morgan fingerprint density at radius 2 is 2.17 bits per heavy atom. The van der Waals surface area contributed by atoms with Crippen LogP contribution in [0.4, 0.5) is 5.82 Å². The fraction of sp³-hybridized carbons (Fsp3) is 0.438. The van der Waals surface area contributed by atoms with E-state index in [1.54, 1.807) is 23.7 Å². The minimum absolute atomic E-state index is 0.0775. The molecule has 0 aliphatic rings. The van der Waals surface area contributed by atoms with E-state index in [9.17, 15) is 4.79 Å². The van der Waals surface area contributed by atoms with Gasteiger partial charge >= 0.3 is 0 Å². The van der Waals surface area contributed by atoms with Gasteiger partial charge in [-0.05, 0) is 26.1 Å². The van der Waals surface area contributed by atoms with Crippen molar-refractivity contribution in [3.05, 3.63) is 28.9 Å². The topological polar surface area (TPSA) is 70.2 Å². The van der Waals surface area contributed by atoms with Crippen LogP contribution in [0.1, 0.15) is 17.4 Å². The molecule has 0 unspecified atom stereocenters. The van der Waals surface area contributed by atoms with Crippen molar-refractivity contribution in [2.75, 3.05) is 33.0 Å². The van der Waals surface area contributed by atoms with Gasteiger partial charge < -0.3 is 15.5 Å². The average molecular weight is 333 g/mol. The summed E-state index contributed by atoms with van der Waals surface area (Å²) in [6.07, 6.45) is 5.88. The van der Waals surface area contributed by atoms with Crippen molar-refractivity contribution in [3.63, 3.8) is 0 Å². The Morgan fingerprint density at radius 3 is 2.83 bits per heavy atom. The van der Waals surface area contributed by atoms with Crippen LogP contribution in [0.3, 0.4) is 0 Å². The highest BCUT2D eigenvalue weighted by Gasteiger charge is 2.15. The lowest BCUT2D eigenvalue weighted by molar-refractivity contribution is -0.116. The van der Waals surface area contributed by atoms with E-state index in [0.717, 1.165) is 33.9 Å². The van der Waals surface area contributed by atoms with Crippen LogP contribution in [0.25, 0.3) is 10.2 Å². The number of nitrogens with one attached hydrogen (secondary N) is 2. The first-order chi connectivity index (χ1) is 11.1. The number of carbonyl (C=O) groups excluding carboxylic acids is 1. The maximum absolute atomic E-state index is 11.9. The van der Waals surface area contributed by atoms with Crippen molar-refractivity contribution in [1.29, 1.82) is 0 Å². The van der Waals surface area contributed by atoms with Gasteiger partial charge in [0.05, 0.1) is 11.9 Å². The average Bonchev–Trinajstić information content (AvgIpc) is 2.90. The molecule has 0 fully saturated rings. The molecule has 0 spiro atoms. The largest absolute Gasteiger partial charge is 0.372 e. The summed E-state index contributed by atoms with van der Waals surface area (Å²) in [4.78, 5) is 24.6. The number of amides is 1. The van der Waals surface area contributed by atoms with Gasteiger partial charge in [-0.3, -0.25) is 4.79 Å². The monoisotopic (exact) mass is 333 g/mol. The second-order valence-electron chi connectivity index (χ2n) is 5.39. The predicted octanol–water partition coefficient (Wildman–Crippen LogP) is 2.03. The normalized spacial score (nSPS) is 11.5. The van der Waals surface area contributed by atoms with Crippen molar-refractivity contribution in [2.45, 2.75) is 19.9 Å². The molecule has 2 aromatic heterocycles. The van der Waals surface area contributed by atoms with E-state index in [-0.39, 0.29) is 5.91 Å². The van der Waals surface area contributed by atoms with Crippen molar-refractivity contribution in [1.82, 2.24) is 20.2 Å². The Morgan fingerprint density at radius 1 is 1.39 bits per heavy atom. The number of rotatable bonds is 7. The zero-order valence-corrected chi connectivity index (χ0v) is 14.8. The molecule has 0 bridgehead atoms. The molecule has 23 heavy (non-hydrogen) atoms. The lowest BCUT2D eigenvalue weighted by Crippen LogP contribution is -2.21. The van der Waals surface area contributed by atoms with Crippen LogP contribution in [0.5, 0.6) is 0 Å². The molecule has 0 saturated heterocycles. The van der Waals surface area contributed by atoms with Gasteiger partial charge in [-0.15, -0.1) is 11.3 Å². The number of likely N-dealkylation sites (N-methyl/N-ethyl adjacent to an activating group) is 1. The van der Waals surface area contributed by atoms with Crippen molar-refractivity contribution in [2.24, 2.45) is 0 Å². The highest BCUT2D eigenvalue weighted by atomic mass is 32.1. The van der Waals surface area contributed by atoms with Gasteiger partial charge in [-0.1, -0.05) is 13.0 Å². The van der Waals surface area contributed by atoms with Crippen molar-refractivity contribution in [3.8, 4) is 0 Å². The minimum atomic E-state index is -0.0775. The van der Waals surface area contributed by atoms with Gasteiger partial charge in [0, 0.05) is 24.5 Å².